The predicted molar refractivity (Wildman–Crippen MR) is 150 cm³/mol. The molecular formula is C26H38N6O5Si. The van der Waals surface area contributed by atoms with Crippen molar-refractivity contribution in [2.45, 2.75) is 39.4 Å². The number of methoxy groups -OCH3 is 2. The quantitative estimate of drug-likeness (QED) is 0.244. The highest BCUT2D eigenvalue weighted by atomic mass is 28.3. The zero-order valence-corrected chi connectivity index (χ0v) is 24.5. The number of furan rings is 1. The van der Waals surface area contributed by atoms with Crippen LogP contribution < -0.4 is 30.6 Å². The van der Waals surface area contributed by atoms with Crippen molar-refractivity contribution < 1.29 is 23.4 Å². The Morgan fingerprint density at radius 1 is 1.11 bits per heavy atom. The fourth-order valence-corrected chi connectivity index (χ4v) is 5.36. The second-order valence-corrected chi connectivity index (χ2v) is 15.0. The largest absolute Gasteiger partial charge is 0.480 e. The van der Waals surface area contributed by atoms with E-state index in [9.17, 15) is 4.79 Å². The van der Waals surface area contributed by atoms with E-state index in [1.54, 1.807) is 20.3 Å². The molecule has 0 fully saturated rings. The van der Waals surface area contributed by atoms with E-state index in [-0.39, 0.29) is 11.7 Å². The van der Waals surface area contributed by atoms with Crippen LogP contribution in [-0.4, -0.2) is 75.2 Å². The van der Waals surface area contributed by atoms with E-state index >= 15 is 0 Å². The zero-order valence-electron chi connectivity index (χ0n) is 23.5. The summed E-state index contributed by atoms with van der Waals surface area (Å²) in [6.45, 7) is 10.2. The molecule has 3 rings (SSSR count). The van der Waals surface area contributed by atoms with Gasteiger partial charge in [-0.15, -0.1) is 0 Å². The molecule has 3 aromatic heterocycles. The summed E-state index contributed by atoms with van der Waals surface area (Å²) in [4.78, 5) is 27.9. The summed E-state index contributed by atoms with van der Waals surface area (Å²) >= 11 is 0. The van der Waals surface area contributed by atoms with E-state index in [4.69, 9.17) is 29.3 Å². The van der Waals surface area contributed by atoms with Crippen molar-refractivity contribution in [1.82, 2.24) is 19.9 Å². The van der Waals surface area contributed by atoms with Gasteiger partial charge in [-0.1, -0.05) is 26.6 Å². The van der Waals surface area contributed by atoms with Crippen LogP contribution in [0.3, 0.4) is 0 Å². The normalized spacial score (nSPS) is 11.5. The van der Waals surface area contributed by atoms with Crippen molar-refractivity contribution in [2.75, 3.05) is 46.7 Å². The van der Waals surface area contributed by atoms with Gasteiger partial charge in [0.25, 0.3) is 11.9 Å². The minimum Gasteiger partial charge on any atom is -0.480 e. The number of aromatic nitrogens is 3. The number of ether oxygens (including phenoxy) is 3. The highest BCUT2D eigenvalue weighted by Crippen LogP contribution is 2.44. The lowest BCUT2D eigenvalue weighted by atomic mass is 10.0. The number of pyridine rings is 1. The van der Waals surface area contributed by atoms with E-state index in [0.717, 1.165) is 23.8 Å². The molecule has 0 aliphatic heterocycles. The fraction of sp³-hybridized carbons (Fsp3) is 0.462. The number of carbonyl (C=O) groups excluding carboxylic acids is 1. The van der Waals surface area contributed by atoms with E-state index < -0.39 is 14.0 Å². The molecule has 0 saturated carbocycles. The summed E-state index contributed by atoms with van der Waals surface area (Å²) in [6.07, 6.45) is 3.35. The van der Waals surface area contributed by atoms with E-state index in [1.165, 1.54) is 6.07 Å². The summed E-state index contributed by atoms with van der Waals surface area (Å²) in [5.41, 5.74) is 7.41. The standard InChI is InChI=1S/C26H38N6O5Si/c1-9-16-15-29-25(38(6,7)8)19(21(16)37-18-12-11-17(36-18)22(27)33)20-23(34-4)30-26(31-24(20)35-5)28-13-10-14-32(2)3/h11-12,15H,9-10,13-14H2,1-8H3,(H2,27,33)(H,28,30,31). The average molecular weight is 543 g/mol. The molecule has 1 amide bonds. The van der Waals surface area contributed by atoms with Crippen molar-refractivity contribution >= 4 is 25.2 Å². The van der Waals surface area contributed by atoms with Crippen LogP contribution in [0.25, 0.3) is 11.1 Å². The van der Waals surface area contributed by atoms with Crippen LogP contribution in [0, 0.1) is 0 Å². The van der Waals surface area contributed by atoms with Crippen molar-refractivity contribution in [3.8, 4) is 34.6 Å². The topological polar surface area (TPSA) is 138 Å². The second-order valence-electron chi connectivity index (χ2n) is 10.0. The number of nitrogens with one attached hydrogen (secondary N) is 1. The SMILES string of the molecule is CCc1cnc([Si](C)(C)C)c(-c2c(OC)nc(NCCCN(C)C)nc2OC)c1Oc1ccc(C(N)=O)o1. The number of hydrogen-bond acceptors (Lipinski definition) is 10. The maximum absolute atomic E-state index is 11.6. The van der Waals surface area contributed by atoms with Crippen molar-refractivity contribution in [2.24, 2.45) is 5.73 Å². The maximum atomic E-state index is 11.6. The number of nitrogens with two attached hydrogens (primary N) is 1. The van der Waals surface area contributed by atoms with Gasteiger partial charge in [-0.3, -0.25) is 9.78 Å². The van der Waals surface area contributed by atoms with E-state index in [0.29, 0.717) is 47.6 Å². The molecule has 0 aromatic carbocycles. The minimum atomic E-state index is -2.06. The first-order valence-electron chi connectivity index (χ1n) is 12.5. The van der Waals surface area contributed by atoms with Crippen LogP contribution in [0.1, 0.15) is 29.5 Å². The first-order valence-corrected chi connectivity index (χ1v) is 16.0. The Bertz CT molecular complexity index is 1250. The third kappa shape index (κ3) is 6.61. The summed E-state index contributed by atoms with van der Waals surface area (Å²) in [7, 11) is 5.11. The molecule has 0 radical (unpaired) electrons. The number of anilines is 1. The van der Waals surface area contributed by atoms with Crippen LogP contribution in [0.5, 0.6) is 23.5 Å². The first kappa shape index (κ1) is 28.9. The van der Waals surface area contributed by atoms with Crippen LogP contribution >= 0.6 is 0 Å². The van der Waals surface area contributed by atoms with Gasteiger partial charge in [0.2, 0.25) is 17.7 Å². The Labute approximate surface area is 224 Å². The zero-order chi connectivity index (χ0) is 28.0. The van der Waals surface area contributed by atoms with Crippen LogP contribution in [0.15, 0.2) is 22.7 Å². The third-order valence-corrected chi connectivity index (χ3v) is 7.57. The van der Waals surface area contributed by atoms with Gasteiger partial charge in [0.05, 0.1) is 19.8 Å². The Morgan fingerprint density at radius 2 is 1.76 bits per heavy atom. The lowest BCUT2D eigenvalue weighted by molar-refractivity contribution is 0.0969. The van der Waals surface area contributed by atoms with Gasteiger partial charge in [-0.25, -0.2) is 0 Å². The molecule has 38 heavy (non-hydrogen) atoms. The fourth-order valence-electron chi connectivity index (χ4n) is 3.92. The summed E-state index contributed by atoms with van der Waals surface area (Å²) < 4.78 is 23.4. The number of hydrogen-bond donors (Lipinski definition) is 2. The molecule has 206 valence electrons. The van der Waals surface area contributed by atoms with Gasteiger partial charge in [0, 0.05) is 29.7 Å². The number of primary amides is 1. The summed E-state index contributed by atoms with van der Waals surface area (Å²) in [5.74, 6) is 1.00. The van der Waals surface area contributed by atoms with Gasteiger partial charge in [0.15, 0.2) is 5.76 Å². The van der Waals surface area contributed by atoms with Crippen LogP contribution in [-0.2, 0) is 6.42 Å². The van der Waals surface area contributed by atoms with E-state index in [2.05, 4.69) is 39.8 Å². The molecular weight excluding hydrogens is 504 g/mol. The molecule has 0 aliphatic rings. The molecule has 0 spiro atoms. The highest BCUT2D eigenvalue weighted by molar-refractivity contribution is 6.89. The molecule has 12 heteroatoms. The number of amides is 1. The molecule has 0 atom stereocenters. The number of carbonyl (C=O) groups is 1. The highest BCUT2D eigenvalue weighted by Gasteiger charge is 2.33. The Balaban J connectivity index is 2.22. The van der Waals surface area contributed by atoms with Crippen molar-refractivity contribution in [1.29, 1.82) is 0 Å². The molecule has 0 bridgehead atoms. The Hall–Kier alpha value is -3.64. The molecule has 0 unspecified atom stereocenters. The average Bonchev–Trinajstić information content (AvgIpc) is 3.34. The lowest BCUT2D eigenvalue weighted by Gasteiger charge is -2.25. The Morgan fingerprint density at radius 3 is 2.26 bits per heavy atom. The monoisotopic (exact) mass is 542 g/mol. The molecule has 11 nitrogen and oxygen atoms in total. The van der Waals surface area contributed by atoms with Gasteiger partial charge in [-0.05, 0) is 39.5 Å². The second kappa shape index (κ2) is 12.3. The van der Waals surface area contributed by atoms with Gasteiger partial charge in [-0.2, -0.15) is 9.97 Å². The van der Waals surface area contributed by atoms with Gasteiger partial charge >= 0.3 is 0 Å². The molecule has 3 heterocycles. The van der Waals surface area contributed by atoms with Crippen molar-refractivity contribution in [3.05, 3.63) is 29.7 Å². The summed E-state index contributed by atoms with van der Waals surface area (Å²) in [6, 6.07) is 3.04. The molecule has 0 saturated heterocycles. The number of rotatable bonds is 13. The van der Waals surface area contributed by atoms with Crippen LogP contribution in [0.2, 0.25) is 19.6 Å². The van der Waals surface area contributed by atoms with Gasteiger partial charge < -0.3 is 34.6 Å². The lowest BCUT2D eigenvalue weighted by Crippen LogP contribution is -2.42. The number of nitrogens with zero attached hydrogens (tertiary/aromatic N) is 4. The van der Waals surface area contributed by atoms with Gasteiger partial charge in [0.1, 0.15) is 19.4 Å². The predicted octanol–water partition coefficient (Wildman–Crippen LogP) is 3.51. The smallest absolute Gasteiger partial charge is 0.290 e. The third-order valence-electron chi connectivity index (χ3n) is 5.77. The number of aryl methyl sites for hydroxylation is 1. The molecule has 0 aliphatic carbocycles. The maximum Gasteiger partial charge on any atom is 0.290 e. The minimum absolute atomic E-state index is 0.00210. The molecule has 3 N–H and O–H groups in total. The van der Waals surface area contributed by atoms with Crippen LogP contribution in [0.4, 0.5) is 5.95 Å². The Kier molecular flexibility index (Phi) is 9.34. The van der Waals surface area contributed by atoms with E-state index in [1.807, 2.05) is 27.2 Å². The molecule has 3 aromatic rings. The summed E-state index contributed by atoms with van der Waals surface area (Å²) in [5, 5.41) is 4.12. The first-order chi connectivity index (χ1) is 18.0. The van der Waals surface area contributed by atoms with Crippen molar-refractivity contribution in [3.63, 3.8) is 0 Å².